The molecule has 0 aliphatic heterocycles. The minimum Gasteiger partial charge on any atom is -0.204 e. The molecule has 2 unspecified atom stereocenters. The van der Waals surface area contributed by atoms with Crippen LogP contribution in [0.4, 0.5) is 8.78 Å². The average Bonchev–Trinajstić information content (AvgIpc) is 2.59. The first-order valence-electron chi connectivity index (χ1n) is 9.93. The number of halogens is 2. The normalized spacial score (nSPS) is 13.9. The molecule has 1 aromatic carbocycles. The molecule has 138 valence electrons. The predicted molar refractivity (Wildman–Crippen MR) is 106 cm³/mol. The van der Waals surface area contributed by atoms with Crippen molar-refractivity contribution in [2.75, 3.05) is 12.3 Å². The van der Waals surface area contributed by atoms with Crippen LogP contribution in [0.3, 0.4) is 0 Å². The van der Waals surface area contributed by atoms with Gasteiger partial charge in [-0.25, -0.2) is 4.39 Å². The van der Waals surface area contributed by atoms with E-state index in [1.54, 1.807) is 6.07 Å². The van der Waals surface area contributed by atoms with Gasteiger partial charge < -0.3 is 0 Å². The van der Waals surface area contributed by atoms with Crippen LogP contribution >= 0.6 is 7.92 Å². The van der Waals surface area contributed by atoms with Gasteiger partial charge in [0.15, 0.2) is 5.82 Å². The van der Waals surface area contributed by atoms with Crippen LogP contribution in [0, 0.1) is 17.6 Å². The molecule has 0 heterocycles. The van der Waals surface area contributed by atoms with Crippen molar-refractivity contribution in [3.63, 3.8) is 0 Å². The van der Waals surface area contributed by atoms with E-state index in [1.165, 1.54) is 57.4 Å². The highest BCUT2D eigenvalue weighted by Crippen LogP contribution is 2.39. The highest BCUT2D eigenvalue weighted by Gasteiger charge is 2.25. The summed E-state index contributed by atoms with van der Waals surface area (Å²) in [6.45, 7) is 6.70. The third kappa shape index (κ3) is 7.60. The SMILES string of the molecule is CCCCCC[PH+](CCC(CC)CCCC)c1cccc(F)c1F. The Kier molecular flexibility index (Phi) is 11.5. The van der Waals surface area contributed by atoms with Gasteiger partial charge in [-0.3, -0.25) is 0 Å². The summed E-state index contributed by atoms with van der Waals surface area (Å²) in [5, 5.41) is 0.696. The van der Waals surface area contributed by atoms with Gasteiger partial charge in [-0.2, -0.15) is 4.39 Å². The van der Waals surface area contributed by atoms with Crippen LogP contribution in [0.15, 0.2) is 18.2 Å². The quantitative estimate of drug-likeness (QED) is 0.263. The second-order valence-corrected chi connectivity index (χ2v) is 9.72. The summed E-state index contributed by atoms with van der Waals surface area (Å²) in [5.41, 5.74) is 0. The summed E-state index contributed by atoms with van der Waals surface area (Å²) >= 11 is 0. The van der Waals surface area contributed by atoms with Crippen LogP contribution in [0.1, 0.15) is 78.6 Å². The lowest BCUT2D eigenvalue weighted by Crippen LogP contribution is -2.14. The van der Waals surface area contributed by atoms with Crippen molar-refractivity contribution < 1.29 is 8.78 Å². The van der Waals surface area contributed by atoms with Gasteiger partial charge in [-0.15, -0.1) is 0 Å². The van der Waals surface area contributed by atoms with Gasteiger partial charge in [0.25, 0.3) is 0 Å². The lowest BCUT2D eigenvalue weighted by Gasteiger charge is -2.17. The fourth-order valence-electron chi connectivity index (χ4n) is 3.36. The number of rotatable bonds is 13. The molecule has 0 spiro atoms. The number of benzene rings is 1. The second kappa shape index (κ2) is 12.8. The highest BCUT2D eigenvalue weighted by molar-refractivity contribution is 7.65. The van der Waals surface area contributed by atoms with Crippen molar-refractivity contribution >= 4 is 13.2 Å². The Morgan fingerprint density at radius 2 is 1.62 bits per heavy atom. The molecule has 3 heteroatoms. The lowest BCUT2D eigenvalue weighted by atomic mass is 9.97. The van der Waals surface area contributed by atoms with Crippen molar-refractivity contribution in [2.45, 2.75) is 78.6 Å². The van der Waals surface area contributed by atoms with Gasteiger partial charge in [0.1, 0.15) is 5.30 Å². The van der Waals surface area contributed by atoms with E-state index in [-0.39, 0.29) is 0 Å². The zero-order chi connectivity index (χ0) is 17.8. The highest BCUT2D eigenvalue weighted by atomic mass is 31.1. The van der Waals surface area contributed by atoms with E-state index in [4.69, 9.17) is 0 Å². The second-order valence-electron chi connectivity index (χ2n) is 6.97. The van der Waals surface area contributed by atoms with E-state index >= 15 is 0 Å². The Bertz CT molecular complexity index is 447. The third-order valence-electron chi connectivity index (χ3n) is 5.06. The molecule has 0 fully saturated rings. The molecule has 1 aromatic rings. The Morgan fingerprint density at radius 1 is 0.875 bits per heavy atom. The van der Waals surface area contributed by atoms with Crippen molar-refractivity contribution in [2.24, 2.45) is 5.92 Å². The minimum atomic E-state index is -0.999. The topological polar surface area (TPSA) is 0 Å². The molecule has 0 N–H and O–H groups in total. The zero-order valence-electron chi connectivity index (χ0n) is 15.8. The first-order valence-corrected chi connectivity index (χ1v) is 11.8. The van der Waals surface area contributed by atoms with Crippen LogP contribution < -0.4 is 5.30 Å². The molecule has 0 saturated heterocycles. The van der Waals surface area contributed by atoms with Gasteiger partial charge in [0.05, 0.1) is 12.3 Å². The predicted octanol–water partition coefficient (Wildman–Crippen LogP) is 6.99. The van der Waals surface area contributed by atoms with Gasteiger partial charge in [-0.05, 0) is 37.3 Å². The van der Waals surface area contributed by atoms with Crippen LogP contribution in [-0.2, 0) is 0 Å². The van der Waals surface area contributed by atoms with Gasteiger partial charge in [0, 0.05) is 7.92 Å². The van der Waals surface area contributed by atoms with Crippen LogP contribution in [0.25, 0.3) is 0 Å². The van der Waals surface area contributed by atoms with Gasteiger partial charge >= 0.3 is 0 Å². The lowest BCUT2D eigenvalue weighted by molar-refractivity contribution is 0.440. The molecular weight excluding hydrogens is 321 g/mol. The molecule has 0 aromatic heterocycles. The van der Waals surface area contributed by atoms with E-state index in [2.05, 4.69) is 20.8 Å². The molecule has 2 atom stereocenters. The molecular formula is C21H36F2P+. The van der Waals surface area contributed by atoms with Crippen LogP contribution in [-0.4, -0.2) is 12.3 Å². The number of unbranched alkanes of at least 4 members (excludes halogenated alkanes) is 4. The van der Waals surface area contributed by atoms with Gasteiger partial charge in [0.2, 0.25) is 5.82 Å². The van der Waals surface area contributed by atoms with Crippen molar-refractivity contribution in [1.82, 2.24) is 0 Å². The van der Waals surface area contributed by atoms with Crippen molar-refractivity contribution in [3.8, 4) is 0 Å². The molecule has 0 bridgehead atoms. The van der Waals surface area contributed by atoms with Crippen LogP contribution in [0.5, 0.6) is 0 Å². The summed E-state index contributed by atoms with van der Waals surface area (Å²) in [7, 11) is -0.999. The maximum Gasteiger partial charge on any atom is 0.200 e. The first kappa shape index (κ1) is 21.6. The summed E-state index contributed by atoms with van der Waals surface area (Å²) in [6, 6.07) is 4.75. The van der Waals surface area contributed by atoms with E-state index in [0.717, 1.165) is 24.7 Å². The Morgan fingerprint density at radius 3 is 2.29 bits per heavy atom. The fourth-order valence-corrected chi connectivity index (χ4v) is 6.34. The van der Waals surface area contributed by atoms with E-state index in [0.29, 0.717) is 5.30 Å². The van der Waals surface area contributed by atoms with E-state index in [1.807, 2.05) is 6.07 Å². The minimum absolute atomic E-state index is 0.580. The summed E-state index contributed by atoms with van der Waals surface area (Å²) < 4.78 is 27.9. The Labute approximate surface area is 149 Å². The molecule has 0 radical (unpaired) electrons. The number of hydrogen-bond acceptors (Lipinski definition) is 0. The maximum absolute atomic E-state index is 14.3. The maximum atomic E-state index is 14.3. The zero-order valence-corrected chi connectivity index (χ0v) is 16.8. The molecule has 0 aliphatic rings. The number of hydrogen-bond donors (Lipinski definition) is 0. The van der Waals surface area contributed by atoms with E-state index < -0.39 is 19.6 Å². The monoisotopic (exact) mass is 357 g/mol. The molecule has 0 amide bonds. The molecule has 0 aliphatic carbocycles. The smallest absolute Gasteiger partial charge is 0.200 e. The van der Waals surface area contributed by atoms with Crippen molar-refractivity contribution in [3.05, 3.63) is 29.8 Å². The molecule has 24 heavy (non-hydrogen) atoms. The largest absolute Gasteiger partial charge is 0.204 e. The summed E-state index contributed by atoms with van der Waals surface area (Å²) in [6.07, 6.45) is 13.2. The Balaban J connectivity index is 2.71. The molecule has 1 rings (SSSR count). The van der Waals surface area contributed by atoms with Gasteiger partial charge in [-0.1, -0.05) is 65.4 Å². The molecule has 0 nitrogen and oxygen atoms in total. The summed E-state index contributed by atoms with van der Waals surface area (Å²) in [4.78, 5) is 0. The summed E-state index contributed by atoms with van der Waals surface area (Å²) in [5.74, 6) is -0.512. The standard InChI is InChI=1S/C21H35F2P/c1-4-7-9-10-16-24(17-15-18(6-3)12-8-5-2)20-14-11-13-19(22)21(20)23/h11,13-14,18H,4-10,12,15-17H2,1-3H3/p+1. The molecule has 0 saturated carbocycles. The average molecular weight is 357 g/mol. The third-order valence-corrected chi connectivity index (χ3v) is 8.06. The van der Waals surface area contributed by atoms with E-state index in [9.17, 15) is 8.78 Å². The fraction of sp³-hybridized carbons (Fsp3) is 0.714. The Hall–Kier alpha value is -0.490. The van der Waals surface area contributed by atoms with Crippen LogP contribution in [0.2, 0.25) is 0 Å². The van der Waals surface area contributed by atoms with Crippen molar-refractivity contribution in [1.29, 1.82) is 0 Å². The first-order chi connectivity index (χ1) is 11.6.